The smallest absolute Gasteiger partial charge is 0.217 e. The third-order valence-corrected chi connectivity index (χ3v) is 8.31. The molecule has 0 aliphatic heterocycles. The molecule has 0 radical (unpaired) electrons. The molecule has 1 aliphatic carbocycles. The summed E-state index contributed by atoms with van der Waals surface area (Å²) >= 11 is 0. The van der Waals surface area contributed by atoms with E-state index in [-0.39, 0.29) is 17.9 Å². The van der Waals surface area contributed by atoms with Crippen molar-refractivity contribution in [2.45, 2.75) is 70.4 Å². The highest BCUT2D eigenvalue weighted by Crippen LogP contribution is 2.43. The van der Waals surface area contributed by atoms with Crippen molar-refractivity contribution in [3.05, 3.63) is 108 Å². The van der Waals surface area contributed by atoms with E-state index in [4.69, 9.17) is 4.74 Å². The molecule has 0 saturated heterocycles. The average molecular weight is 526 g/mol. The van der Waals surface area contributed by atoms with E-state index in [0.717, 1.165) is 61.6 Å². The molecule has 0 bridgehead atoms. The van der Waals surface area contributed by atoms with E-state index < -0.39 is 5.60 Å². The van der Waals surface area contributed by atoms with Crippen molar-refractivity contribution in [1.29, 1.82) is 0 Å². The molecule has 0 heterocycles. The van der Waals surface area contributed by atoms with Gasteiger partial charge in [0.2, 0.25) is 5.91 Å². The average Bonchev–Trinajstić information content (AvgIpc) is 3.44. The fourth-order valence-electron chi connectivity index (χ4n) is 6.33. The van der Waals surface area contributed by atoms with Crippen molar-refractivity contribution in [3.8, 4) is 0 Å². The Bertz CT molecular complexity index is 1050. The first-order valence-corrected chi connectivity index (χ1v) is 14.6. The number of carbonyl (C=O) groups excluding carboxylic acids is 2. The van der Waals surface area contributed by atoms with Gasteiger partial charge in [-0.1, -0.05) is 104 Å². The van der Waals surface area contributed by atoms with Crippen LogP contribution in [0.5, 0.6) is 0 Å². The number of benzene rings is 3. The van der Waals surface area contributed by atoms with Gasteiger partial charge in [0.05, 0.1) is 6.61 Å². The standard InChI is InChI=1S/C35H43NO3/c1-27(36-28(2)38)14-12-13-15-31(25-37)30-23-22-29(24-30)26-39-35(32-16-6-3-7-17-32,33-18-8-4-9-19-33)34-20-10-5-11-21-34/h3-11,16-21,25,27,29-31H,12-15,22-24,26H2,1-2H3,(H,36,38)/t27?,29?,30?,31-/m0/s1. The lowest BCUT2D eigenvalue weighted by atomic mass is 9.80. The molecule has 3 aromatic carbocycles. The second kappa shape index (κ2) is 14.2. The van der Waals surface area contributed by atoms with Gasteiger partial charge in [0.15, 0.2) is 0 Å². The summed E-state index contributed by atoms with van der Waals surface area (Å²) < 4.78 is 7.07. The van der Waals surface area contributed by atoms with Gasteiger partial charge < -0.3 is 14.8 Å². The number of hydrogen-bond donors (Lipinski definition) is 1. The van der Waals surface area contributed by atoms with Crippen molar-refractivity contribution < 1.29 is 14.3 Å². The van der Waals surface area contributed by atoms with Crippen molar-refractivity contribution in [2.75, 3.05) is 6.61 Å². The third-order valence-electron chi connectivity index (χ3n) is 8.31. The summed E-state index contributed by atoms with van der Waals surface area (Å²) in [6, 6.07) is 31.8. The highest BCUT2D eigenvalue weighted by Gasteiger charge is 2.39. The van der Waals surface area contributed by atoms with Crippen LogP contribution in [0.25, 0.3) is 0 Å². The number of amides is 1. The molecular formula is C35H43NO3. The van der Waals surface area contributed by atoms with Crippen molar-refractivity contribution in [1.82, 2.24) is 5.32 Å². The summed E-state index contributed by atoms with van der Waals surface area (Å²) in [4.78, 5) is 23.3. The lowest BCUT2D eigenvalue weighted by Crippen LogP contribution is -2.34. The van der Waals surface area contributed by atoms with Crippen molar-refractivity contribution in [3.63, 3.8) is 0 Å². The zero-order valence-electron chi connectivity index (χ0n) is 23.4. The van der Waals surface area contributed by atoms with Gasteiger partial charge in [0, 0.05) is 18.9 Å². The van der Waals surface area contributed by atoms with Gasteiger partial charge in [0.1, 0.15) is 11.9 Å². The molecule has 1 N–H and O–H groups in total. The number of aldehydes is 1. The van der Waals surface area contributed by atoms with E-state index in [2.05, 4.69) is 78.1 Å². The van der Waals surface area contributed by atoms with Crippen LogP contribution in [0.4, 0.5) is 0 Å². The molecule has 39 heavy (non-hydrogen) atoms. The maximum Gasteiger partial charge on any atom is 0.217 e. The Labute approximate surface area is 234 Å². The zero-order chi connectivity index (χ0) is 27.5. The molecule has 1 amide bonds. The minimum atomic E-state index is -0.698. The molecule has 0 spiro atoms. The first-order chi connectivity index (χ1) is 19.0. The Balaban J connectivity index is 1.44. The van der Waals surface area contributed by atoms with E-state index >= 15 is 0 Å². The highest BCUT2D eigenvalue weighted by atomic mass is 16.5. The fourth-order valence-corrected chi connectivity index (χ4v) is 6.33. The number of rotatable bonds is 14. The fraction of sp³-hybridized carbons (Fsp3) is 0.429. The van der Waals surface area contributed by atoms with Crippen molar-refractivity contribution >= 4 is 12.2 Å². The van der Waals surface area contributed by atoms with Gasteiger partial charge in [-0.15, -0.1) is 0 Å². The normalized spacial score (nSPS) is 18.8. The summed E-state index contributed by atoms with van der Waals surface area (Å²) in [6.07, 6.45) is 8.30. The van der Waals surface area contributed by atoms with Gasteiger partial charge >= 0.3 is 0 Å². The number of unbranched alkanes of at least 4 members (excludes halogenated alkanes) is 1. The first-order valence-electron chi connectivity index (χ1n) is 14.6. The van der Waals surface area contributed by atoms with Crippen LogP contribution >= 0.6 is 0 Å². The minimum Gasteiger partial charge on any atom is -0.361 e. The quantitative estimate of drug-likeness (QED) is 0.136. The van der Waals surface area contributed by atoms with Crippen LogP contribution in [0.2, 0.25) is 0 Å². The van der Waals surface area contributed by atoms with E-state index in [1.807, 2.05) is 25.1 Å². The lowest BCUT2D eigenvalue weighted by Gasteiger charge is -2.37. The van der Waals surface area contributed by atoms with Crippen LogP contribution in [0, 0.1) is 17.8 Å². The molecule has 3 unspecified atom stereocenters. The van der Waals surface area contributed by atoms with Gasteiger partial charge in [-0.2, -0.15) is 0 Å². The maximum absolute atomic E-state index is 12.1. The van der Waals surface area contributed by atoms with Crippen LogP contribution in [0.1, 0.15) is 75.5 Å². The van der Waals surface area contributed by atoms with Crippen LogP contribution in [0.3, 0.4) is 0 Å². The zero-order valence-corrected chi connectivity index (χ0v) is 23.4. The third kappa shape index (κ3) is 7.45. The molecule has 1 saturated carbocycles. The number of hydrogen-bond acceptors (Lipinski definition) is 3. The Morgan fingerprint density at radius 2 is 1.38 bits per heavy atom. The monoisotopic (exact) mass is 525 g/mol. The minimum absolute atomic E-state index is 0.0169. The summed E-state index contributed by atoms with van der Waals surface area (Å²) in [7, 11) is 0. The number of carbonyl (C=O) groups is 2. The lowest BCUT2D eigenvalue weighted by molar-refractivity contribution is -0.119. The summed E-state index contributed by atoms with van der Waals surface area (Å²) in [5.74, 6) is 0.965. The summed E-state index contributed by atoms with van der Waals surface area (Å²) in [6.45, 7) is 4.25. The van der Waals surface area contributed by atoms with E-state index in [1.54, 1.807) is 6.92 Å². The molecule has 0 aromatic heterocycles. The molecule has 4 nitrogen and oxygen atoms in total. The summed E-state index contributed by atoms with van der Waals surface area (Å²) in [5, 5.41) is 2.94. The Morgan fingerprint density at radius 3 is 1.87 bits per heavy atom. The van der Waals surface area contributed by atoms with E-state index in [1.165, 1.54) is 6.29 Å². The largest absolute Gasteiger partial charge is 0.361 e. The highest BCUT2D eigenvalue weighted by molar-refractivity contribution is 5.73. The molecule has 4 rings (SSSR count). The van der Waals surface area contributed by atoms with Gasteiger partial charge in [0.25, 0.3) is 0 Å². The Hall–Kier alpha value is -3.24. The van der Waals surface area contributed by atoms with Gasteiger partial charge in [-0.3, -0.25) is 4.79 Å². The molecule has 1 aliphatic rings. The molecule has 1 fully saturated rings. The Morgan fingerprint density at radius 1 is 0.872 bits per heavy atom. The number of nitrogens with one attached hydrogen (secondary N) is 1. The molecule has 3 aromatic rings. The van der Waals surface area contributed by atoms with Crippen LogP contribution < -0.4 is 5.32 Å². The van der Waals surface area contributed by atoms with Crippen molar-refractivity contribution in [2.24, 2.45) is 17.8 Å². The van der Waals surface area contributed by atoms with Crippen LogP contribution in [-0.2, 0) is 19.9 Å². The molecule has 206 valence electrons. The van der Waals surface area contributed by atoms with E-state index in [9.17, 15) is 9.59 Å². The summed E-state index contributed by atoms with van der Waals surface area (Å²) in [5.41, 5.74) is 2.67. The second-order valence-corrected chi connectivity index (χ2v) is 11.2. The van der Waals surface area contributed by atoms with Crippen LogP contribution in [-0.4, -0.2) is 24.8 Å². The predicted molar refractivity (Wildman–Crippen MR) is 157 cm³/mol. The molecule has 4 atom stereocenters. The topological polar surface area (TPSA) is 55.4 Å². The molecule has 4 heteroatoms. The van der Waals surface area contributed by atoms with Gasteiger partial charge in [-0.05, 0) is 67.6 Å². The van der Waals surface area contributed by atoms with Gasteiger partial charge in [-0.25, -0.2) is 0 Å². The molecular weight excluding hydrogens is 482 g/mol. The SMILES string of the molecule is CC(=O)NC(C)CCCC[C@@H](C=O)C1CCC(COC(c2ccccc2)(c2ccccc2)c2ccccc2)C1. The second-order valence-electron chi connectivity index (χ2n) is 11.2. The van der Waals surface area contributed by atoms with Crippen LogP contribution in [0.15, 0.2) is 91.0 Å². The van der Waals surface area contributed by atoms with E-state index in [0.29, 0.717) is 18.4 Å². The maximum atomic E-state index is 12.1. The predicted octanol–water partition coefficient (Wildman–Crippen LogP) is 7.31. The first kappa shape index (κ1) is 28.8. The Kier molecular flexibility index (Phi) is 10.5. The number of ether oxygens (including phenoxy) is 1.